The summed E-state index contributed by atoms with van der Waals surface area (Å²) in [4.78, 5) is 2.32. The van der Waals surface area contributed by atoms with Crippen LogP contribution in [0.15, 0.2) is 18.2 Å². The van der Waals surface area contributed by atoms with E-state index in [4.69, 9.17) is 18.0 Å². The van der Waals surface area contributed by atoms with Crippen LogP contribution in [0.25, 0.3) is 0 Å². The zero-order valence-corrected chi connectivity index (χ0v) is 11.5. The Labute approximate surface area is 114 Å². The van der Waals surface area contributed by atoms with E-state index in [2.05, 4.69) is 28.3 Å². The fraction of sp³-hybridized carbons (Fsp3) is 0.467. The van der Waals surface area contributed by atoms with Gasteiger partial charge in [-0.2, -0.15) is 0 Å². The van der Waals surface area contributed by atoms with Gasteiger partial charge in [0.25, 0.3) is 0 Å². The minimum atomic E-state index is 0.526. The van der Waals surface area contributed by atoms with E-state index in [0.29, 0.717) is 6.04 Å². The first kappa shape index (κ1) is 13.3. The number of hydrogen-bond donors (Lipinski definition) is 1. The first-order valence-electron chi connectivity index (χ1n) is 6.37. The van der Waals surface area contributed by atoms with Crippen molar-refractivity contribution in [3.05, 3.63) is 28.8 Å². The largest absolute Gasteiger partial charge is 0.382 e. The van der Waals surface area contributed by atoms with Crippen LogP contribution in [-0.4, -0.2) is 30.6 Å². The molecule has 0 radical (unpaired) electrons. The molecule has 1 heterocycles. The van der Waals surface area contributed by atoms with Crippen LogP contribution in [0.4, 0.5) is 5.69 Å². The number of nitrogens with one attached hydrogen (secondary N) is 1. The summed E-state index contributed by atoms with van der Waals surface area (Å²) in [6, 6.07) is 6.68. The Hall–Kier alpha value is -1.17. The third-order valence-electron chi connectivity index (χ3n) is 3.45. The van der Waals surface area contributed by atoms with Crippen LogP contribution in [0.5, 0.6) is 0 Å². The lowest BCUT2D eigenvalue weighted by atomic mass is 10.0. The van der Waals surface area contributed by atoms with Crippen molar-refractivity contribution < 1.29 is 0 Å². The second-order valence-electron chi connectivity index (χ2n) is 4.86. The zero-order valence-electron chi connectivity index (χ0n) is 10.7. The van der Waals surface area contributed by atoms with Gasteiger partial charge in [-0.1, -0.05) is 23.6 Å². The molecule has 0 saturated carbocycles. The summed E-state index contributed by atoms with van der Waals surface area (Å²) in [5, 5.41) is 4.37. The highest BCUT2D eigenvalue weighted by Gasteiger charge is 2.18. The molecular weight excluding hydrogens is 244 g/mol. The average molecular weight is 263 g/mol. The molecule has 0 aromatic heterocycles. The molecule has 1 aliphatic rings. The Morgan fingerprint density at radius 2 is 2.17 bits per heavy atom. The normalized spacial score (nSPS) is 17.4. The number of terminal acetylenes is 1. The Bertz CT molecular complexity index is 442. The number of halogens is 1. The molecule has 1 aromatic carbocycles. The number of hydrogen-bond acceptors (Lipinski definition) is 2. The molecule has 0 spiro atoms. The van der Waals surface area contributed by atoms with E-state index in [1.165, 1.54) is 0 Å². The van der Waals surface area contributed by atoms with E-state index in [1.54, 1.807) is 0 Å². The van der Waals surface area contributed by atoms with E-state index < -0.39 is 0 Å². The second-order valence-corrected chi connectivity index (χ2v) is 5.27. The highest BCUT2D eigenvalue weighted by molar-refractivity contribution is 6.31. The molecule has 0 atom stereocenters. The Morgan fingerprint density at radius 3 is 2.78 bits per heavy atom. The van der Waals surface area contributed by atoms with Gasteiger partial charge in [-0.3, -0.25) is 4.90 Å². The maximum atomic E-state index is 6.13. The molecule has 1 N–H and O–H groups in total. The predicted molar refractivity (Wildman–Crippen MR) is 78.1 cm³/mol. The molecule has 0 bridgehead atoms. The van der Waals surface area contributed by atoms with Gasteiger partial charge in [0.15, 0.2) is 0 Å². The van der Waals surface area contributed by atoms with Crippen molar-refractivity contribution in [2.45, 2.75) is 25.8 Å². The number of anilines is 1. The van der Waals surface area contributed by atoms with E-state index in [1.807, 2.05) is 13.0 Å². The van der Waals surface area contributed by atoms with E-state index in [0.717, 1.165) is 48.7 Å². The van der Waals surface area contributed by atoms with Crippen molar-refractivity contribution in [1.82, 2.24) is 4.90 Å². The molecule has 96 valence electrons. The SMILES string of the molecule is C#CCN1CCC(Nc2ccc(C)c(Cl)c2)CC1. The lowest BCUT2D eigenvalue weighted by molar-refractivity contribution is 0.243. The van der Waals surface area contributed by atoms with Crippen molar-refractivity contribution >= 4 is 17.3 Å². The monoisotopic (exact) mass is 262 g/mol. The summed E-state index contributed by atoms with van der Waals surface area (Å²) in [5.74, 6) is 2.70. The van der Waals surface area contributed by atoms with Crippen molar-refractivity contribution in [2.24, 2.45) is 0 Å². The van der Waals surface area contributed by atoms with Gasteiger partial charge < -0.3 is 5.32 Å². The summed E-state index contributed by atoms with van der Waals surface area (Å²) in [6.45, 7) is 4.93. The molecule has 2 nitrogen and oxygen atoms in total. The summed E-state index contributed by atoms with van der Waals surface area (Å²) in [5.41, 5.74) is 2.23. The fourth-order valence-corrected chi connectivity index (χ4v) is 2.46. The summed E-state index contributed by atoms with van der Waals surface area (Å²) in [6.07, 6.45) is 7.59. The van der Waals surface area contributed by atoms with Crippen LogP contribution >= 0.6 is 11.6 Å². The third kappa shape index (κ3) is 3.41. The molecule has 2 rings (SSSR count). The van der Waals surface area contributed by atoms with Gasteiger partial charge in [0, 0.05) is 29.8 Å². The Kier molecular flexibility index (Phi) is 4.52. The van der Waals surface area contributed by atoms with Gasteiger partial charge in [0.2, 0.25) is 0 Å². The number of rotatable bonds is 3. The molecule has 18 heavy (non-hydrogen) atoms. The minimum absolute atomic E-state index is 0.526. The molecule has 0 aliphatic carbocycles. The number of piperidine rings is 1. The number of likely N-dealkylation sites (tertiary alicyclic amines) is 1. The van der Waals surface area contributed by atoms with Crippen LogP contribution in [0.1, 0.15) is 18.4 Å². The van der Waals surface area contributed by atoms with Gasteiger partial charge in [-0.15, -0.1) is 6.42 Å². The van der Waals surface area contributed by atoms with E-state index in [9.17, 15) is 0 Å². The van der Waals surface area contributed by atoms with Crippen LogP contribution in [-0.2, 0) is 0 Å². The smallest absolute Gasteiger partial charge is 0.0598 e. The maximum absolute atomic E-state index is 6.13. The highest BCUT2D eigenvalue weighted by Crippen LogP contribution is 2.22. The summed E-state index contributed by atoms with van der Waals surface area (Å²) >= 11 is 6.13. The van der Waals surface area contributed by atoms with Gasteiger partial charge >= 0.3 is 0 Å². The topological polar surface area (TPSA) is 15.3 Å². The molecular formula is C15H19ClN2. The van der Waals surface area contributed by atoms with Crippen LogP contribution in [0.2, 0.25) is 5.02 Å². The van der Waals surface area contributed by atoms with Gasteiger partial charge in [-0.25, -0.2) is 0 Å². The molecule has 3 heteroatoms. The van der Waals surface area contributed by atoms with Crippen molar-refractivity contribution in [3.63, 3.8) is 0 Å². The fourth-order valence-electron chi connectivity index (χ4n) is 2.28. The molecule has 1 aromatic rings. The first-order chi connectivity index (χ1) is 8.69. The molecule has 1 aliphatic heterocycles. The molecule has 1 saturated heterocycles. The standard InChI is InChI=1S/C15H19ClN2/c1-3-8-18-9-6-13(7-10-18)17-14-5-4-12(2)15(16)11-14/h1,4-5,11,13,17H,6-10H2,2H3. The van der Waals surface area contributed by atoms with Crippen molar-refractivity contribution in [2.75, 3.05) is 25.0 Å². The highest BCUT2D eigenvalue weighted by atomic mass is 35.5. The number of benzene rings is 1. The first-order valence-corrected chi connectivity index (χ1v) is 6.75. The average Bonchev–Trinajstić information content (AvgIpc) is 2.37. The zero-order chi connectivity index (χ0) is 13.0. The second kappa shape index (κ2) is 6.13. The Morgan fingerprint density at radius 1 is 1.44 bits per heavy atom. The maximum Gasteiger partial charge on any atom is 0.0598 e. The lowest BCUT2D eigenvalue weighted by Crippen LogP contribution is -2.39. The molecule has 0 unspecified atom stereocenters. The summed E-state index contributed by atoms with van der Waals surface area (Å²) in [7, 11) is 0. The quantitative estimate of drug-likeness (QED) is 0.842. The van der Waals surface area contributed by atoms with Crippen LogP contribution in [0, 0.1) is 19.3 Å². The minimum Gasteiger partial charge on any atom is -0.382 e. The number of nitrogens with zero attached hydrogens (tertiary/aromatic N) is 1. The van der Waals surface area contributed by atoms with Crippen LogP contribution < -0.4 is 5.32 Å². The van der Waals surface area contributed by atoms with Gasteiger partial charge in [0.05, 0.1) is 6.54 Å². The predicted octanol–water partition coefficient (Wildman–Crippen LogP) is 3.16. The van der Waals surface area contributed by atoms with Crippen molar-refractivity contribution in [1.29, 1.82) is 0 Å². The van der Waals surface area contributed by atoms with Crippen molar-refractivity contribution in [3.8, 4) is 12.3 Å². The van der Waals surface area contributed by atoms with Gasteiger partial charge in [0.1, 0.15) is 0 Å². The van der Waals surface area contributed by atoms with E-state index >= 15 is 0 Å². The third-order valence-corrected chi connectivity index (χ3v) is 3.85. The molecule has 1 fully saturated rings. The lowest BCUT2D eigenvalue weighted by Gasteiger charge is -2.31. The number of aryl methyl sites for hydroxylation is 1. The van der Waals surface area contributed by atoms with E-state index in [-0.39, 0.29) is 0 Å². The Balaban J connectivity index is 1.88. The molecule has 0 amide bonds. The van der Waals surface area contributed by atoms with Gasteiger partial charge in [-0.05, 0) is 37.5 Å². The summed E-state index contributed by atoms with van der Waals surface area (Å²) < 4.78 is 0. The van der Waals surface area contributed by atoms with Crippen LogP contribution in [0.3, 0.4) is 0 Å².